The molecule has 0 atom stereocenters. The van der Waals surface area contributed by atoms with Crippen molar-refractivity contribution in [2.75, 3.05) is 11.1 Å². The summed E-state index contributed by atoms with van der Waals surface area (Å²) in [4.78, 5) is 9.31. The monoisotopic (exact) mass is 447 g/mol. The number of nitrogens with one attached hydrogen (secondary N) is 1. The van der Waals surface area contributed by atoms with Crippen LogP contribution in [0.3, 0.4) is 0 Å². The molecule has 2 heterocycles. The minimum absolute atomic E-state index is 0.0834. The van der Waals surface area contributed by atoms with Crippen LogP contribution < -0.4 is 5.32 Å². The van der Waals surface area contributed by atoms with Gasteiger partial charge in [0, 0.05) is 39.5 Å². The lowest BCUT2D eigenvalue weighted by molar-refractivity contribution is 0.148. The standard InChI is InChI=1S/C23H27F2N3S2/c1-2-3-4-5-6-7-13-29-21-11-10-18(14-19(21)22(24)25)27-23-28-20(16-30-23)17-9-8-12-26-15-17/h8-12,14-16,22H,2-7,13H2,1H3,(H,27,28). The van der Waals surface area contributed by atoms with Crippen molar-refractivity contribution in [1.82, 2.24) is 9.97 Å². The van der Waals surface area contributed by atoms with Gasteiger partial charge in [-0.05, 0) is 42.5 Å². The smallest absolute Gasteiger partial charge is 0.265 e. The first kappa shape index (κ1) is 22.7. The molecule has 160 valence electrons. The van der Waals surface area contributed by atoms with E-state index in [1.165, 1.54) is 55.2 Å². The Hall–Kier alpha value is -1.99. The molecule has 1 N–H and O–H groups in total. The molecule has 7 heteroatoms. The van der Waals surface area contributed by atoms with Crippen molar-refractivity contribution in [3.63, 3.8) is 0 Å². The summed E-state index contributed by atoms with van der Waals surface area (Å²) in [7, 11) is 0. The number of hydrogen-bond acceptors (Lipinski definition) is 5. The summed E-state index contributed by atoms with van der Waals surface area (Å²) in [6.45, 7) is 2.20. The molecule has 0 saturated heterocycles. The number of aromatic nitrogens is 2. The van der Waals surface area contributed by atoms with Gasteiger partial charge in [-0.15, -0.1) is 23.1 Å². The highest BCUT2D eigenvalue weighted by molar-refractivity contribution is 7.99. The maximum Gasteiger partial charge on any atom is 0.265 e. The van der Waals surface area contributed by atoms with Crippen molar-refractivity contribution < 1.29 is 8.78 Å². The van der Waals surface area contributed by atoms with Gasteiger partial charge in [-0.3, -0.25) is 4.98 Å². The van der Waals surface area contributed by atoms with Gasteiger partial charge in [-0.2, -0.15) is 0 Å². The number of rotatable bonds is 12. The molecule has 3 rings (SSSR count). The Morgan fingerprint density at radius 2 is 1.93 bits per heavy atom. The Morgan fingerprint density at radius 3 is 2.70 bits per heavy atom. The topological polar surface area (TPSA) is 37.8 Å². The molecule has 0 bridgehead atoms. The summed E-state index contributed by atoms with van der Waals surface area (Å²) >= 11 is 2.97. The zero-order valence-electron chi connectivity index (χ0n) is 17.1. The Bertz CT molecular complexity index is 900. The molecule has 3 aromatic rings. The second-order valence-corrected chi connectivity index (χ2v) is 9.07. The molecular formula is C23H27F2N3S2. The van der Waals surface area contributed by atoms with E-state index in [1.54, 1.807) is 24.5 Å². The molecular weight excluding hydrogens is 420 g/mol. The predicted octanol–water partition coefficient (Wildman–Crippen LogP) is 8.34. The molecule has 0 fully saturated rings. The zero-order valence-corrected chi connectivity index (χ0v) is 18.7. The van der Waals surface area contributed by atoms with Gasteiger partial charge in [0.05, 0.1) is 5.69 Å². The number of thiazole rings is 1. The fourth-order valence-electron chi connectivity index (χ4n) is 3.09. The first-order chi connectivity index (χ1) is 14.7. The molecule has 2 aromatic heterocycles. The molecule has 0 aliphatic carbocycles. The number of anilines is 2. The SMILES string of the molecule is CCCCCCCCSc1ccc(Nc2nc(-c3cccnc3)cs2)cc1C(F)F. The number of unbranched alkanes of at least 4 members (excludes halogenated alkanes) is 5. The third kappa shape index (κ3) is 6.77. The lowest BCUT2D eigenvalue weighted by Crippen LogP contribution is -1.95. The maximum absolute atomic E-state index is 13.6. The van der Waals surface area contributed by atoms with Gasteiger partial charge in [0.15, 0.2) is 5.13 Å². The van der Waals surface area contributed by atoms with Crippen LogP contribution in [0.2, 0.25) is 0 Å². The van der Waals surface area contributed by atoms with Gasteiger partial charge in [0.2, 0.25) is 0 Å². The third-order valence-corrected chi connectivity index (χ3v) is 6.65. The number of nitrogens with zero attached hydrogens (tertiary/aromatic N) is 2. The van der Waals surface area contributed by atoms with E-state index in [9.17, 15) is 8.78 Å². The van der Waals surface area contributed by atoms with Gasteiger partial charge >= 0.3 is 0 Å². The second kappa shape index (κ2) is 12.0. The van der Waals surface area contributed by atoms with Crippen LogP contribution in [-0.4, -0.2) is 15.7 Å². The fraction of sp³-hybridized carbons (Fsp3) is 0.391. The Kier molecular flexibility index (Phi) is 9.08. The Morgan fingerprint density at radius 1 is 1.10 bits per heavy atom. The normalized spacial score (nSPS) is 11.2. The fourth-order valence-corrected chi connectivity index (χ4v) is 4.88. The highest BCUT2D eigenvalue weighted by atomic mass is 32.2. The first-order valence-electron chi connectivity index (χ1n) is 10.3. The number of alkyl halides is 2. The molecule has 0 aliphatic rings. The summed E-state index contributed by atoms with van der Waals surface area (Å²) in [5.41, 5.74) is 2.45. The summed E-state index contributed by atoms with van der Waals surface area (Å²) in [5.74, 6) is 0.875. The van der Waals surface area contributed by atoms with Crippen molar-refractivity contribution in [3.8, 4) is 11.3 Å². The Labute approximate surface area is 185 Å². The van der Waals surface area contributed by atoms with E-state index in [4.69, 9.17) is 0 Å². The summed E-state index contributed by atoms with van der Waals surface area (Å²) in [6, 6.07) is 8.98. The van der Waals surface area contributed by atoms with Crippen LogP contribution in [0.5, 0.6) is 0 Å². The molecule has 0 unspecified atom stereocenters. The van der Waals surface area contributed by atoms with Gasteiger partial charge < -0.3 is 5.32 Å². The number of benzene rings is 1. The second-order valence-electron chi connectivity index (χ2n) is 7.07. The highest BCUT2D eigenvalue weighted by Gasteiger charge is 2.15. The average Bonchev–Trinajstić information content (AvgIpc) is 3.23. The summed E-state index contributed by atoms with van der Waals surface area (Å²) in [5, 5.41) is 5.75. The van der Waals surface area contributed by atoms with Crippen LogP contribution in [0.1, 0.15) is 57.4 Å². The minimum Gasteiger partial charge on any atom is -0.332 e. The third-order valence-electron chi connectivity index (χ3n) is 4.71. The Balaban J connectivity index is 1.59. The lowest BCUT2D eigenvalue weighted by atomic mass is 10.1. The quantitative estimate of drug-likeness (QED) is 0.224. The molecule has 0 saturated carbocycles. The lowest BCUT2D eigenvalue weighted by Gasteiger charge is -2.11. The maximum atomic E-state index is 13.6. The van der Waals surface area contributed by atoms with Crippen LogP contribution in [0.25, 0.3) is 11.3 Å². The zero-order chi connectivity index (χ0) is 21.2. The highest BCUT2D eigenvalue weighted by Crippen LogP contribution is 2.35. The van der Waals surface area contributed by atoms with Gasteiger partial charge in [-0.1, -0.05) is 39.0 Å². The van der Waals surface area contributed by atoms with E-state index in [0.717, 1.165) is 23.4 Å². The van der Waals surface area contributed by atoms with Crippen LogP contribution in [0, 0.1) is 0 Å². The van der Waals surface area contributed by atoms with Crippen molar-refractivity contribution >= 4 is 33.9 Å². The predicted molar refractivity (Wildman–Crippen MR) is 124 cm³/mol. The molecule has 0 spiro atoms. The molecule has 0 aliphatic heterocycles. The molecule has 1 aromatic carbocycles. The number of thioether (sulfide) groups is 1. The van der Waals surface area contributed by atoms with Crippen LogP contribution >= 0.6 is 23.1 Å². The van der Waals surface area contributed by atoms with E-state index in [1.807, 2.05) is 23.6 Å². The van der Waals surface area contributed by atoms with E-state index in [0.29, 0.717) is 15.7 Å². The van der Waals surface area contributed by atoms with Crippen LogP contribution in [0.4, 0.5) is 19.6 Å². The van der Waals surface area contributed by atoms with Crippen molar-refractivity contribution in [2.24, 2.45) is 0 Å². The van der Waals surface area contributed by atoms with Crippen LogP contribution in [0.15, 0.2) is 53.0 Å². The van der Waals surface area contributed by atoms with Gasteiger partial charge in [0.25, 0.3) is 6.43 Å². The van der Waals surface area contributed by atoms with E-state index in [2.05, 4.69) is 22.2 Å². The van der Waals surface area contributed by atoms with Crippen molar-refractivity contribution in [1.29, 1.82) is 0 Å². The van der Waals surface area contributed by atoms with Crippen LogP contribution in [-0.2, 0) is 0 Å². The molecule has 0 radical (unpaired) electrons. The van der Waals surface area contributed by atoms with Crippen molar-refractivity contribution in [3.05, 3.63) is 53.7 Å². The van der Waals surface area contributed by atoms with Gasteiger partial charge in [-0.25, -0.2) is 13.8 Å². The molecule has 30 heavy (non-hydrogen) atoms. The molecule has 3 nitrogen and oxygen atoms in total. The average molecular weight is 448 g/mol. The van der Waals surface area contributed by atoms with E-state index >= 15 is 0 Å². The minimum atomic E-state index is -2.50. The molecule has 0 amide bonds. The number of halogens is 2. The van der Waals surface area contributed by atoms with E-state index in [-0.39, 0.29) is 5.56 Å². The summed E-state index contributed by atoms with van der Waals surface area (Å²) in [6.07, 6.45) is 8.21. The largest absolute Gasteiger partial charge is 0.332 e. The van der Waals surface area contributed by atoms with Gasteiger partial charge in [0.1, 0.15) is 0 Å². The van der Waals surface area contributed by atoms with Crippen molar-refractivity contribution in [2.45, 2.75) is 56.8 Å². The first-order valence-corrected chi connectivity index (χ1v) is 12.2. The van der Waals surface area contributed by atoms with E-state index < -0.39 is 6.43 Å². The summed E-state index contributed by atoms with van der Waals surface area (Å²) < 4.78 is 27.3. The number of pyridine rings is 1. The number of hydrogen-bond donors (Lipinski definition) is 1.